The monoisotopic (exact) mass is 509 g/mol. The zero-order chi connectivity index (χ0) is 26.9. The second-order valence-corrected chi connectivity index (χ2v) is 8.27. The van der Waals surface area contributed by atoms with E-state index in [-0.39, 0.29) is 18.8 Å². The largest absolute Gasteiger partial charge is 0.493 e. The molecule has 11 nitrogen and oxygen atoms in total. The van der Waals surface area contributed by atoms with Crippen LogP contribution in [0, 0.1) is 0 Å². The van der Waals surface area contributed by atoms with Crippen molar-refractivity contribution in [3.8, 4) is 11.5 Å². The molecule has 2 aromatic carbocycles. The number of hydrogen-bond donors (Lipinski definition) is 3. The lowest BCUT2D eigenvalue weighted by Gasteiger charge is -2.28. The molecule has 3 N–H and O–H groups in total. The zero-order valence-electron chi connectivity index (χ0n) is 21.5. The van der Waals surface area contributed by atoms with Crippen molar-refractivity contribution >= 4 is 29.8 Å². The Hall–Kier alpha value is -4.54. The van der Waals surface area contributed by atoms with Gasteiger partial charge >= 0.3 is 12.0 Å². The first kappa shape index (κ1) is 27.1. The van der Waals surface area contributed by atoms with E-state index in [1.54, 1.807) is 32.0 Å². The van der Waals surface area contributed by atoms with Crippen molar-refractivity contribution in [3.63, 3.8) is 0 Å². The molecule has 1 unspecified atom stereocenters. The molecule has 11 heteroatoms. The average Bonchev–Trinajstić information content (AvgIpc) is 2.87. The molecule has 1 heterocycles. The topological polar surface area (TPSA) is 131 Å². The van der Waals surface area contributed by atoms with Gasteiger partial charge in [0.25, 0.3) is 5.91 Å². The van der Waals surface area contributed by atoms with E-state index in [0.717, 1.165) is 11.3 Å². The Labute approximate surface area is 215 Å². The van der Waals surface area contributed by atoms with Crippen molar-refractivity contribution in [3.05, 3.63) is 64.9 Å². The summed E-state index contributed by atoms with van der Waals surface area (Å²) in [6, 6.07) is 11.4. The first-order valence-corrected chi connectivity index (χ1v) is 11.6. The van der Waals surface area contributed by atoms with Gasteiger partial charge in [-0.25, -0.2) is 15.0 Å². The summed E-state index contributed by atoms with van der Waals surface area (Å²) in [7, 11) is 5.36. The highest BCUT2D eigenvalue weighted by Crippen LogP contribution is 2.34. The second-order valence-electron chi connectivity index (χ2n) is 8.27. The van der Waals surface area contributed by atoms with Crippen molar-refractivity contribution in [2.24, 2.45) is 5.10 Å². The lowest BCUT2D eigenvalue weighted by atomic mass is 9.95. The molecular weight excluding hydrogens is 478 g/mol. The van der Waals surface area contributed by atoms with Gasteiger partial charge in [0.05, 0.1) is 31.5 Å². The maximum Gasteiger partial charge on any atom is 0.338 e. The van der Waals surface area contributed by atoms with Crippen LogP contribution in [0.15, 0.2) is 58.8 Å². The summed E-state index contributed by atoms with van der Waals surface area (Å²) in [5.41, 5.74) is 5.57. The molecule has 0 aromatic heterocycles. The Morgan fingerprint density at radius 3 is 2.51 bits per heavy atom. The molecule has 1 aliphatic heterocycles. The van der Waals surface area contributed by atoms with Crippen molar-refractivity contribution < 1.29 is 28.6 Å². The molecule has 0 bridgehead atoms. The maximum atomic E-state index is 12.5. The first-order valence-electron chi connectivity index (χ1n) is 11.6. The highest BCUT2D eigenvalue weighted by atomic mass is 16.5. The van der Waals surface area contributed by atoms with Crippen LogP contribution in [0.25, 0.3) is 0 Å². The number of rotatable bonds is 10. The van der Waals surface area contributed by atoms with E-state index in [4.69, 9.17) is 14.2 Å². The molecular formula is C26H31N5O6. The Kier molecular flexibility index (Phi) is 9.09. The minimum absolute atomic E-state index is 0.196. The lowest BCUT2D eigenvalue weighted by molar-refractivity contribution is -0.139. The van der Waals surface area contributed by atoms with E-state index in [0.29, 0.717) is 22.8 Å². The van der Waals surface area contributed by atoms with Crippen LogP contribution < -0.4 is 30.4 Å². The third-order valence-electron chi connectivity index (χ3n) is 5.46. The summed E-state index contributed by atoms with van der Waals surface area (Å²) < 4.78 is 16.2. The Bertz CT molecular complexity index is 1210. The Morgan fingerprint density at radius 2 is 1.86 bits per heavy atom. The van der Waals surface area contributed by atoms with E-state index in [1.807, 2.05) is 43.3 Å². The number of methoxy groups -OCH3 is 1. The van der Waals surface area contributed by atoms with E-state index in [1.165, 1.54) is 13.3 Å². The van der Waals surface area contributed by atoms with Crippen LogP contribution in [-0.4, -0.2) is 58.5 Å². The smallest absolute Gasteiger partial charge is 0.338 e. The zero-order valence-corrected chi connectivity index (χ0v) is 21.5. The number of carbonyl (C=O) groups excluding carboxylic acids is 3. The number of urea groups is 1. The van der Waals surface area contributed by atoms with Gasteiger partial charge in [-0.15, -0.1) is 0 Å². The van der Waals surface area contributed by atoms with Crippen molar-refractivity contribution in [2.75, 3.05) is 39.3 Å². The number of ether oxygens (including phenoxy) is 3. The van der Waals surface area contributed by atoms with E-state index < -0.39 is 23.9 Å². The number of allylic oxidation sites excluding steroid dienone is 1. The number of nitrogens with zero attached hydrogens (tertiary/aromatic N) is 2. The van der Waals surface area contributed by atoms with Crippen molar-refractivity contribution in [1.29, 1.82) is 0 Å². The maximum absolute atomic E-state index is 12.5. The molecule has 2 aromatic rings. The fraction of sp³-hybridized carbons (Fsp3) is 0.308. The van der Waals surface area contributed by atoms with Crippen LogP contribution in [0.2, 0.25) is 0 Å². The van der Waals surface area contributed by atoms with Crippen molar-refractivity contribution in [2.45, 2.75) is 19.9 Å². The highest BCUT2D eigenvalue weighted by Gasteiger charge is 2.32. The molecule has 0 fully saturated rings. The number of hydrogen-bond acceptors (Lipinski definition) is 8. The van der Waals surface area contributed by atoms with Gasteiger partial charge in [-0.3, -0.25) is 4.79 Å². The van der Waals surface area contributed by atoms with Crippen molar-refractivity contribution in [1.82, 2.24) is 16.1 Å². The number of benzene rings is 2. The summed E-state index contributed by atoms with van der Waals surface area (Å²) >= 11 is 0. The second kappa shape index (κ2) is 12.4. The molecule has 0 aliphatic carbocycles. The SMILES string of the molecule is CCOC(=O)C1=C(C)NC(=O)NC1c1ccc(OCC(=O)NN=Cc2ccc(N(C)C)cc2)c(OC)c1. The van der Waals surface area contributed by atoms with Gasteiger partial charge in [0, 0.05) is 25.5 Å². The van der Waals surface area contributed by atoms with Crippen LogP contribution in [0.5, 0.6) is 11.5 Å². The molecule has 1 aliphatic rings. The predicted molar refractivity (Wildman–Crippen MR) is 139 cm³/mol. The third kappa shape index (κ3) is 7.00. The normalized spacial score (nSPS) is 15.1. The molecule has 3 amide bonds. The van der Waals surface area contributed by atoms with E-state index in [9.17, 15) is 14.4 Å². The molecule has 0 saturated carbocycles. The third-order valence-corrected chi connectivity index (χ3v) is 5.46. The fourth-order valence-corrected chi connectivity index (χ4v) is 3.62. The van der Waals surface area contributed by atoms with Gasteiger partial charge in [0.15, 0.2) is 18.1 Å². The number of nitrogens with one attached hydrogen (secondary N) is 3. The number of hydrazone groups is 1. The number of anilines is 1. The summed E-state index contributed by atoms with van der Waals surface area (Å²) in [5, 5.41) is 9.28. The predicted octanol–water partition coefficient (Wildman–Crippen LogP) is 2.48. The minimum Gasteiger partial charge on any atom is -0.493 e. The molecule has 37 heavy (non-hydrogen) atoms. The quantitative estimate of drug-likeness (QED) is 0.255. The molecule has 3 rings (SSSR count). The van der Waals surface area contributed by atoms with Gasteiger partial charge < -0.3 is 29.7 Å². The number of esters is 1. The Morgan fingerprint density at radius 1 is 1.14 bits per heavy atom. The van der Waals surface area contributed by atoms with Gasteiger partial charge in [0.1, 0.15) is 0 Å². The van der Waals surface area contributed by atoms with Gasteiger partial charge in [-0.1, -0.05) is 18.2 Å². The fourth-order valence-electron chi connectivity index (χ4n) is 3.62. The van der Waals surface area contributed by atoms with Gasteiger partial charge in [-0.05, 0) is 49.2 Å². The molecule has 0 saturated heterocycles. The molecule has 196 valence electrons. The lowest BCUT2D eigenvalue weighted by Crippen LogP contribution is -2.45. The summed E-state index contributed by atoms with van der Waals surface area (Å²) in [5.74, 6) is -0.365. The first-order chi connectivity index (χ1) is 17.7. The van der Waals surface area contributed by atoms with Crippen LogP contribution in [-0.2, 0) is 14.3 Å². The molecule has 0 radical (unpaired) electrons. The van der Waals surface area contributed by atoms with Gasteiger partial charge in [0.2, 0.25) is 0 Å². The molecule has 1 atom stereocenters. The Balaban J connectivity index is 1.66. The highest BCUT2D eigenvalue weighted by molar-refractivity contribution is 5.95. The van der Waals surface area contributed by atoms with Crippen LogP contribution in [0.3, 0.4) is 0 Å². The summed E-state index contributed by atoms with van der Waals surface area (Å²) in [6.45, 7) is 3.23. The molecule has 0 spiro atoms. The standard InChI is InChI=1S/C26H31N5O6/c1-6-36-25(33)23-16(2)28-26(34)29-24(23)18-9-12-20(21(13-18)35-5)37-15-22(32)30-27-14-17-7-10-19(11-8-17)31(3)4/h7-14,24H,6,15H2,1-5H3,(H,30,32)(H2,28,29,34). The van der Waals surface area contributed by atoms with E-state index >= 15 is 0 Å². The van der Waals surface area contributed by atoms with Crippen LogP contribution >= 0.6 is 0 Å². The van der Waals surface area contributed by atoms with Crippen LogP contribution in [0.4, 0.5) is 10.5 Å². The summed E-state index contributed by atoms with van der Waals surface area (Å²) in [4.78, 5) is 38.8. The minimum atomic E-state index is -0.750. The summed E-state index contributed by atoms with van der Waals surface area (Å²) in [6.07, 6.45) is 1.54. The van der Waals surface area contributed by atoms with E-state index in [2.05, 4.69) is 21.2 Å². The van der Waals surface area contributed by atoms with Crippen LogP contribution in [0.1, 0.15) is 31.0 Å². The average molecular weight is 510 g/mol. The van der Waals surface area contributed by atoms with Gasteiger partial charge in [-0.2, -0.15) is 5.10 Å². The number of amides is 3. The number of carbonyl (C=O) groups is 3.